The van der Waals surface area contributed by atoms with Crippen LogP contribution in [0.25, 0.3) is 0 Å². The molecule has 4 amide bonds. The van der Waals surface area contributed by atoms with E-state index in [-0.39, 0.29) is 29.9 Å². The minimum atomic E-state index is -5.19. The van der Waals surface area contributed by atoms with Crippen molar-refractivity contribution in [1.82, 2.24) is 9.80 Å². The molecule has 12 nitrogen and oxygen atoms in total. The molecule has 6 N–H and O–H groups in total. The van der Waals surface area contributed by atoms with Crippen LogP contribution >= 0.6 is 0 Å². The molecule has 2 heterocycles. The summed E-state index contributed by atoms with van der Waals surface area (Å²) in [6, 6.07) is 17.1. The van der Waals surface area contributed by atoms with Gasteiger partial charge in [-0.2, -0.15) is 13.2 Å². The summed E-state index contributed by atoms with van der Waals surface area (Å²) >= 11 is 0. The highest BCUT2D eigenvalue weighted by molar-refractivity contribution is 5.91. The second-order valence-corrected chi connectivity index (χ2v) is 10.9. The van der Waals surface area contributed by atoms with Crippen LogP contribution < -0.4 is 30.9 Å². The highest BCUT2D eigenvalue weighted by Crippen LogP contribution is 2.43. The zero-order valence-corrected chi connectivity index (χ0v) is 25.8. The van der Waals surface area contributed by atoms with Gasteiger partial charge >= 0.3 is 18.2 Å². The fourth-order valence-corrected chi connectivity index (χ4v) is 5.65. The molecule has 2 aliphatic rings. The Hall–Kier alpha value is -5.18. The number of phenols is 1. The third-order valence-electron chi connectivity index (χ3n) is 7.95. The van der Waals surface area contributed by atoms with E-state index in [0.29, 0.717) is 47.2 Å². The number of nitrogens with zero attached hydrogens (tertiary/aromatic N) is 2. The third kappa shape index (κ3) is 8.55. The molecule has 15 heteroatoms. The van der Waals surface area contributed by atoms with Crippen molar-refractivity contribution in [2.45, 2.75) is 43.9 Å². The molecule has 252 valence electrons. The van der Waals surface area contributed by atoms with Gasteiger partial charge < -0.3 is 50.6 Å². The molecular formula is C32H36F3N5O7. The van der Waals surface area contributed by atoms with Crippen LogP contribution in [-0.4, -0.2) is 66.4 Å². The van der Waals surface area contributed by atoms with Crippen molar-refractivity contribution in [2.75, 3.05) is 37.9 Å². The van der Waals surface area contributed by atoms with Crippen molar-refractivity contribution in [3.63, 3.8) is 0 Å². The van der Waals surface area contributed by atoms with Crippen molar-refractivity contribution in [2.24, 2.45) is 0 Å². The molecule has 47 heavy (non-hydrogen) atoms. The quantitative estimate of drug-likeness (QED) is 0.305. The number of carboxylic acids is 1. The minimum Gasteiger partial charge on any atom is -0.542 e. The van der Waals surface area contributed by atoms with Gasteiger partial charge in [0.1, 0.15) is 28.9 Å². The summed E-state index contributed by atoms with van der Waals surface area (Å²) in [7, 11) is 3.20. The number of rotatable bonds is 6. The number of methoxy groups -OCH3 is 2. The van der Waals surface area contributed by atoms with Crippen LogP contribution in [0.4, 0.5) is 39.8 Å². The van der Waals surface area contributed by atoms with E-state index < -0.39 is 12.1 Å². The number of hydrogen-bond donors (Lipinski definition) is 4. The molecule has 0 radical (unpaired) electrons. The Balaban J connectivity index is 0.000000644. The zero-order chi connectivity index (χ0) is 34.3. The van der Waals surface area contributed by atoms with E-state index in [9.17, 15) is 27.9 Å². The van der Waals surface area contributed by atoms with Crippen LogP contribution in [0.2, 0.25) is 0 Å². The first kappa shape index (κ1) is 34.7. The summed E-state index contributed by atoms with van der Waals surface area (Å²) in [5.74, 6) is -1.47. The number of phenolic OH excluding ortho intramolecular Hbond substituents is 1. The van der Waals surface area contributed by atoms with Gasteiger partial charge in [0.2, 0.25) is 0 Å². The smallest absolute Gasteiger partial charge is 0.430 e. The average Bonchev–Trinajstić information content (AvgIpc) is 3.73. The Bertz CT molecular complexity index is 1470. The van der Waals surface area contributed by atoms with Gasteiger partial charge in [-0.1, -0.05) is 0 Å². The summed E-state index contributed by atoms with van der Waals surface area (Å²) in [6.45, 7) is 1.19. The molecule has 0 aliphatic carbocycles. The number of nitrogens with one attached hydrogen (secondary N) is 2. The number of alkyl halides is 3. The number of carboxylic acid groups (broad SMARTS) is 1. The maximum absolute atomic E-state index is 13.3. The van der Waals surface area contributed by atoms with Crippen LogP contribution in [0.1, 0.15) is 48.9 Å². The number of ether oxygens (including phenoxy) is 2. The van der Waals surface area contributed by atoms with Gasteiger partial charge in [0.05, 0.1) is 26.3 Å². The predicted molar refractivity (Wildman–Crippen MR) is 163 cm³/mol. The van der Waals surface area contributed by atoms with Gasteiger partial charge in [0.25, 0.3) is 0 Å². The molecule has 2 unspecified atom stereocenters. The number of anilines is 2. The first-order chi connectivity index (χ1) is 22.3. The largest absolute Gasteiger partial charge is 0.542 e. The van der Waals surface area contributed by atoms with Crippen LogP contribution in [-0.2, 0) is 4.79 Å². The molecule has 0 aromatic heterocycles. The molecule has 2 aliphatic heterocycles. The van der Waals surface area contributed by atoms with E-state index in [1.54, 1.807) is 73.7 Å². The van der Waals surface area contributed by atoms with E-state index in [1.807, 2.05) is 11.0 Å². The van der Waals surface area contributed by atoms with Crippen LogP contribution in [0, 0.1) is 0 Å². The first-order valence-corrected chi connectivity index (χ1v) is 14.7. The van der Waals surface area contributed by atoms with Crippen LogP contribution in [0.3, 0.4) is 0 Å². The van der Waals surface area contributed by atoms with E-state index >= 15 is 0 Å². The van der Waals surface area contributed by atoms with Crippen LogP contribution in [0.5, 0.6) is 17.2 Å². The predicted octanol–water partition coefficient (Wildman–Crippen LogP) is 4.32. The number of carbonyl (C=O) groups is 3. The van der Waals surface area contributed by atoms with Gasteiger partial charge in [-0.15, -0.1) is 0 Å². The number of urea groups is 2. The van der Waals surface area contributed by atoms with Gasteiger partial charge in [0.15, 0.2) is 0 Å². The fourth-order valence-electron chi connectivity index (χ4n) is 5.65. The Kier molecular flexibility index (Phi) is 11.0. The highest BCUT2D eigenvalue weighted by atomic mass is 19.4. The highest BCUT2D eigenvalue weighted by Gasteiger charge is 2.36. The second kappa shape index (κ2) is 14.9. The lowest BCUT2D eigenvalue weighted by atomic mass is 9.95. The third-order valence-corrected chi connectivity index (χ3v) is 7.95. The van der Waals surface area contributed by atoms with Crippen molar-refractivity contribution >= 4 is 35.1 Å². The Morgan fingerprint density at radius 3 is 1.60 bits per heavy atom. The molecule has 3 aromatic rings. The number of quaternary nitrogens is 1. The normalized spacial score (nSPS) is 17.4. The van der Waals surface area contributed by atoms with Crippen molar-refractivity contribution in [3.8, 4) is 17.2 Å². The maximum atomic E-state index is 13.3. The number of amides is 4. The molecular weight excluding hydrogens is 623 g/mol. The van der Waals surface area contributed by atoms with Crippen molar-refractivity contribution in [3.05, 3.63) is 71.8 Å². The molecule has 2 atom stereocenters. The lowest BCUT2D eigenvalue weighted by molar-refractivity contribution is -0.344. The monoisotopic (exact) mass is 659 g/mol. The van der Waals surface area contributed by atoms with Crippen molar-refractivity contribution < 1.29 is 53.0 Å². The number of carbonyl (C=O) groups excluding carboxylic acids is 3. The Labute approximate surface area is 268 Å². The van der Waals surface area contributed by atoms with Crippen LogP contribution in [0.15, 0.2) is 60.7 Å². The first-order valence-electron chi connectivity index (χ1n) is 14.7. The molecule has 0 bridgehead atoms. The molecule has 0 saturated carbocycles. The van der Waals surface area contributed by atoms with Gasteiger partial charge in [-0.3, -0.25) is 0 Å². The number of hydrogen-bond acceptors (Lipinski definition) is 7. The van der Waals surface area contributed by atoms with Gasteiger partial charge in [-0.05, 0) is 80.3 Å². The summed E-state index contributed by atoms with van der Waals surface area (Å²) < 4.78 is 41.9. The molecule has 2 saturated heterocycles. The molecule has 0 spiro atoms. The average molecular weight is 660 g/mol. The molecule has 2 fully saturated rings. The van der Waals surface area contributed by atoms with Gasteiger partial charge in [-0.25, -0.2) is 9.59 Å². The maximum Gasteiger partial charge on any atom is 0.430 e. The second-order valence-electron chi connectivity index (χ2n) is 10.9. The lowest BCUT2D eigenvalue weighted by Gasteiger charge is -2.29. The lowest BCUT2D eigenvalue weighted by Crippen LogP contribution is -2.43. The Morgan fingerprint density at radius 1 is 0.809 bits per heavy atom. The Morgan fingerprint density at radius 2 is 1.21 bits per heavy atom. The van der Waals surface area contributed by atoms with E-state index in [2.05, 4.69) is 16.4 Å². The van der Waals surface area contributed by atoms with Gasteiger partial charge in [0, 0.05) is 41.7 Å². The number of halogens is 3. The summed E-state index contributed by atoms with van der Waals surface area (Å²) in [6.07, 6.45) is -2.00. The topological polar surface area (TPSA) is 171 Å². The number of likely N-dealkylation sites (tertiary alicyclic amines) is 2. The van der Waals surface area contributed by atoms with E-state index in [4.69, 9.17) is 19.4 Å². The molecule has 3 aromatic carbocycles. The van der Waals surface area contributed by atoms with E-state index in [0.717, 1.165) is 31.2 Å². The summed E-state index contributed by atoms with van der Waals surface area (Å²) in [4.78, 5) is 38.9. The standard InChI is InChI=1S/C30H35N5O5.C2HF3O2/c1-39-21-11-7-19(8-12-21)32-29(37)34-15-3-5-26(34)23-17-24(28(36)18-25(23)31)27-6-4-16-35(27)30(38)33-20-9-13-22(40-2)14-10-20;3-2(4,5)1(6)7/h7-14,17-18,26-27,36H,3-6,15-16,31H2,1-2H3,(H,32,37)(H,33,38);(H,6,7). The molecule has 5 rings (SSSR count). The number of benzene rings is 3. The fraction of sp³-hybridized carbons (Fsp3) is 0.344. The number of aliphatic carboxylic acids is 1. The van der Waals surface area contributed by atoms with E-state index in [1.165, 1.54) is 0 Å². The minimum absolute atomic E-state index is 0.107. The summed E-state index contributed by atoms with van der Waals surface area (Å²) in [5, 5.41) is 25.7. The van der Waals surface area contributed by atoms with Crippen molar-refractivity contribution in [1.29, 1.82) is 0 Å². The SMILES string of the molecule is COc1ccc(NC(=O)N2CCCC2c2cc(C3CCCN3C(=O)Nc3ccc(OC)cc3)c(O)cc2[NH3+])cc1.O=C([O-])C(F)(F)F. The summed E-state index contributed by atoms with van der Waals surface area (Å²) in [5.41, 5.74) is 7.76. The zero-order valence-electron chi connectivity index (χ0n) is 25.8. The number of aromatic hydroxyl groups is 1.